The summed E-state index contributed by atoms with van der Waals surface area (Å²) in [4.78, 5) is 0. The molecule has 0 radical (unpaired) electrons. The zero-order valence-corrected chi connectivity index (χ0v) is 9.07. The van der Waals surface area contributed by atoms with Gasteiger partial charge in [0, 0.05) is 13.2 Å². The Morgan fingerprint density at radius 1 is 1.31 bits per heavy atom. The Balaban J connectivity index is 2.29. The van der Waals surface area contributed by atoms with Crippen molar-refractivity contribution in [3.8, 4) is 0 Å². The molecule has 1 fully saturated rings. The Morgan fingerprint density at radius 3 is 2.54 bits per heavy atom. The summed E-state index contributed by atoms with van der Waals surface area (Å²) in [6.45, 7) is 5.44. The number of hydrogen-bond acceptors (Lipinski definition) is 2. The van der Waals surface area contributed by atoms with Crippen LogP contribution in [0.5, 0.6) is 0 Å². The molecule has 0 amide bonds. The van der Waals surface area contributed by atoms with Gasteiger partial charge in [0.05, 0.1) is 0 Å². The van der Waals surface area contributed by atoms with Crippen LogP contribution in [0.4, 0.5) is 0 Å². The zero-order valence-electron chi connectivity index (χ0n) is 9.07. The molecular weight excluding hydrogens is 162 g/mol. The Bertz CT molecular complexity index is 130. The van der Waals surface area contributed by atoms with Crippen molar-refractivity contribution in [2.75, 3.05) is 26.8 Å². The molecule has 0 bridgehead atoms. The van der Waals surface area contributed by atoms with E-state index in [-0.39, 0.29) is 0 Å². The molecule has 0 aliphatic carbocycles. The molecule has 0 unspecified atom stereocenters. The van der Waals surface area contributed by atoms with Crippen LogP contribution in [-0.2, 0) is 4.74 Å². The topological polar surface area (TPSA) is 21.3 Å². The van der Waals surface area contributed by atoms with E-state index < -0.39 is 0 Å². The van der Waals surface area contributed by atoms with Gasteiger partial charge in [0.25, 0.3) is 0 Å². The van der Waals surface area contributed by atoms with Crippen LogP contribution in [0, 0.1) is 5.41 Å². The molecule has 1 saturated heterocycles. The van der Waals surface area contributed by atoms with E-state index in [1.807, 2.05) is 7.05 Å². The van der Waals surface area contributed by atoms with Gasteiger partial charge in [-0.25, -0.2) is 0 Å². The molecule has 1 aliphatic rings. The summed E-state index contributed by atoms with van der Waals surface area (Å²) in [6.07, 6.45) is 6.54. The maximum absolute atomic E-state index is 5.42. The van der Waals surface area contributed by atoms with Crippen molar-refractivity contribution in [1.82, 2.24) is 5.32 Å². The van der Waals surface area contributed by atoms with Gasteiger partial charge in [-0.15, -0.1) is 0 Å². The first-order valence-electron chi connectivity index (χ1n) is 5.55. The molecule has 13 heavy (non-hydrogen) atoms. The minimum atomic E-state index is 0.606. The van der Waals surface area contributed by atoms with Crippen molar-refractivity contribution < 1.29 is 4.74 Å². The van der Waals surface area contributed by atoms with Crippen LogP contribution >= 0.6 is 0 Å². The molecule has 0 spiro atoms. The van der Waals surface area contributed by atoms with E-state index in [1.165, 1.54) is 32.1 Å². The van der Waals surface area contributed by atoms with E-state index in [0.717, 1.165) is 19.8 Å². The molecule has 2 nitrogen and oxygen atoms in total. The van der Waals surface area contributed by atoms with E-state index in [1.54, 1.807) is 0 Å². The largest absolute Gasteiger partial charge is 0.381 e. The number of ether oxygens (including phenoxy) is 1. The lowest BCUT2D eigenvalue weighted by molar-refractivity contribution is 0.00718. The minimum Gasteiger partial charge on any atom is -0.381 e. The third-order valence-electron chi connectivity index (χ3n) is 3.44. The number of nitrogens with one attached hydrogen (secondary N) is 1. The van der Waals surface area contributed by atoms with Gasteiger partial charge >= 0.3 is 0 Å². The molecule has 0 saturated carbocycles. The summed E-state index contributed by atoms with van der Waals surface area (Å²) in [5, 5.41) is 3.22. The first-order valence-corrected chi connectivity index (χ1v) is 5.55. The van der Waals surface area contributed by atoms with Crippen molar-refractivity contribution in [2.45, 2.75) is 39.0 Å². The molecule has 1 aliphatic heterocycles. The summed E-state index contributed by atoms with van der Waals surface area (Å²) in [5.74, 6) is 0. The fraction of sp³-hybridized carbons (Fsp3) is 1.00. The summed E-state index contributed by atoms with van der Waals surface area (Å²) >= 11 is 0. The van der Waals surface area contributed by atoms with E-state index >= 15 is 0 Å². The van der Waals surface area contributed by atoms with Crippen LogP contribution in [-0.4, -0.2) is 26.8 Å². The smallest absolute Gasteiger partial charge is 0.0471 e. The van der Waals surface area contributed by atoms with Crippen molar-refractivity contribution in [2.24, 2.45) is 5.41 Å². The van der Waals surface area contributed by atoms with Crippen LogP contribution in [0.2, 0.25) is 0 Å². The third-order valence-corrected chi connectivity index (χ3v) is 3.44. The maximum atomic E-state index is 5.42. The Labute approximate surface area is 82.0 Å². The van der Waals surface area contributed by atoms with Gasteiger partial charge in [0.15, 0.2) is 0 Å². The van der Waals surface area contributed by atoms with Crippen LogP contribution in [0.3, 0.4) is 0 Å². The van der Waals surface area contributed by atoms with Gasteiger partial charge in [-0.3, -0.25) is 0 Å². The fourth-order valence-electron chi connectivity index (χ4n) is 2.22. The predicted octanol–water partition coefficient (Wildman–Crippen LogP) is 2.19. The summed E-state index contributed by atoms with van der Waals surface area (Å²) < 4.78 is 5.42. The van der Waals surface area contributed by atoms with Crippen molar-refractivity contribution >= 4 is 0 Å². The lowest BCUT2D eigenvalue weighted by atomic mass is 9.74. The Morgan fingerprint density at radius 2 is 2.00 bits per heavy atom. The van der Waals surface area contributed by atoms with Gasteiger partial charge in [-0.2, -0.15) is 0 Å². The average Bonchev–Trinajstić information content (AvgIpc) is 2.20. The average molecular weight is 185 g/mol. The quantitative estimate of drug-likeness (QED) is 0.663. The molecule has 2 heteroatoms. The third kappa shape index (κ3) is 3.28. The SMILES string of the molecule is CCC1(CCCNC)CCOCC1. The molecular formula is C11H23NO. The minimum absolute atomic E-state index is 0.606. The molecule has 0 aromatic carbocycles. The summed E-state index contributed by atoms with van der Waals surface area (Å²) in [5.41, 5.74) is 0.606. The highest BCUT2D eigenvalue weighted by Gasteiger charge is 2.29. The highest BCUT2D eigenvalue weighted by molar-refractivity contribution is 4.80. The normalized spacial score (nSPS) is 21.7. The zero-order chi connectivity index (χ0) is 9.57. The van der Waals surface area contributed by atoms with Crippen molar-refractivity contribution in [3.05, 3.63) is 0 Å². The standard InChI is InChI=1S/C11H23NO/c1-3-11(5-4-8-12-2)6-9-13-10-7-11/h12H,3-10H2,1-2H3. The van der Waals surface area contributed by atoms with E-state index in [0.29, 0.717) is 5.41 Å². The van der Waals surface area contributed by atoms with Gasteiger partial charge in [-0.1, -0.05) is 13.3 Å². The highest BCUT2D eigenvalue weighted by Crippen LogP contribution is 2.38. The Kier molecular flexibility index (Phi) is 4.74. The van der Waals surface area contributed by atoms with Crippen LogP contribution in [0.25, 0.3) is 0 Å². The van der Waals surface area contributed by atoms with Gasteiger partial charge in [0.2, 0.25) is 0 Å². The summed E-state index contributed by atoms with van der Waals surface area (Å²) in [6, 6.07) is 0. The number of rotatable bonds is 5. The van der Waals surface area contributed by atoms with Crippen LogP contribution in [0.15, 0.2) is 0 Å². The second-order valence-corrected chi connectivity index (χ2v) is 4.17. The van der Waals surface area contributed by atoms with Gasteiger partial charge in [-0.05, 0) is 44.7 Å². The first kappa shape index (κ1) is 11.0. The fourth-order valence-corrected chi connectivity index (χ4v) is 2.22. The van der Waals surface area contributed by atoms with E-state index in [2.05, 4.69) is 12.2 Å². The molecule has 0 aromatic rings. The molecule has 1 heterocycles. The van der Waals surface area contributed by atoms with Crippen LogP contribution in [0.1, 0.15) is 39.0 Å². The summed E-state index contributed by atoms with van der Waals surface area (Å²) in [7, 11) is 2.03. The molecule has 78 valence electrons. The van der Waals surface area contributed by atoms with E-state index in [9.17, 15) is 0 Å². The first-order chi connectivity index (χ1) is 6.33. The molecule has 1 N–H and O–H groups in total. The second kappa shape index (κ2) is 5.61. The monoisotopic (exact) mass is 185 g/mol. The van der Waals surface area contributed by atoms with Gasteiger partial charge < -0.3 is 10.1 Å². The second-order valence-electron chi connectivity index (χ2n) is 4.17. The Hall–Kier alpha value is -0.0800. The molecule has 0 atom stereocenters. The predicted molar refractivity (Wildman–Crippen MR) is 55.9 cm³/mol. The number of hydrogen-bond donors (Lipinski definition) is 1. The lowest BCUT2D eigenvalue weighted by Crippen LogP contribution is -2.29. The van der Waals surface area contributed by atoms with Gasteiger partial charge in [0.1, 0.15) is 0 Å². The van der Waals surface area contributed by atoms with Crippen molar-refractivity contribution in [3.63, 3.8) is 0 Å². The highest BCUT2D eigenvalue weighted by atomic mass is 16.5. The van der Waals surface area contributed by atoms with E-state index in [4.69, 9.17) is 4.74 Å². The van der Waals surface area contributed by atoms with Crippen molar-refractivity contribution in [1.29, 1.82) is 0 Å². The molecule has 1 rings (SSSR count). The molecule has 0 aromatic heterocycles. The van der Waals surface area contributed by atoms with Crippen LogP contribution < -0.4 is 5.32 Å². The maximum Gasteiger partial charge on any atom is 0.0471 e. The lowest BCUT2D eigenvalue weighted by Gasteiger charge is -2.36.